The number of aromatic nitrogens is 2. The summed E-state index contributed by atoms with van der Waals surface area (Å²) in [4.78, 5) is 17.6. The standard InChI is InChI=1S/C15H14ClN3O/c1-9-10-6-4-5-7-12(10)19-14(13(9)16)11(8-20)17-15(19)18(2)3/h4-8H,1-3H3. The molecule has 0 aliphatic heterocycles. The van der Waals surface area contributed by atoms with Crippen molar-refractivity contribution in [3.8, 4) is 0 Å². The Morgan fingerprint density at radius 2 is 2.00 bits per heavy atom. The highest BCUT2D eigenvalue weighted by molar-refractivity contribution is 6.36. The molecule has 0 aliphatic carbocycles. The van der Waals surface area contributed by atoms with Crippen LogP contribution in [-0.2, 0) is 0 Å². The van der Waals surface area contributed by atoms with Crippen LogP contribution < -0.4 is 4.90 Å². The van der Waals surface area contributed by atoms with Gasteiger partial charge in [0.2, 0.25) is 5.95 Å². The number of aldehydes is 1. The van der Waals surface area contributed by atoms with Gasteiger partial charge in [0.05, 0.1) is 16.1 Å². The molecule has 2 aromatic heterocycles. The lowest BCUT2D eigenvalue weighted by Crippen LogP contribution is -2.13. The highest BCUT2D eigenvalue weighted by atomic mass is 35.5. The van der Waals surface area contributed by atoms with E-state index in [1.807, 2.05) is 54.6 Å². The summed E-state index contributed by atoms with van der Waals surface area (Å²) < 4.78 is 1.94. The quantitative estimate of drug-likeness (QED) is 0.679. The number of anilines is 1. The fourth-order valence-electron chi connectivity index (χ4n) is 2.53. The Hall–Kier alpha value is -2.07. The lowest BCUT2D eigenvalue weighted by Gasteiger charge is -2.14. The third-order valence-corrected chi connectivity index (χ3v) is 3.95. The summed E-state index contributed by atoms with van der Waals surface area (Å²) in [6.45, 7) is 1.96. The number of para-hydroxylation sites is 1. The maximum Gasteiger partial charge on any atom is 0.210 e. The Labute approximate surface area is 121 Å². The van der Waals surface area contributed by atoms with Crippen molar-refractivity contribution >= 4 is 40.3 Å². The Kier molecular flexibility index (Phi) is 2.91. The predicted octanol–water partition coefficient (Wildman–Crippen LogP) is 3.33. The van der Waals surface area contributed by atoms with Crippen LogP contribution in [0.4, 0.5) is 5.95 Å². The molecular weight excluding hydrogens is 274 g/mol. The first-order valence-electron chi connectivity index (χ1n) is 6.28. The zero-order valence-corrected chi connectivity index (χ0v) is 12.3. The maximum atomic E-state index is 11.3. The number of fused-ring (bicyclic) bond motifs is 3. The molecule has 0 saturated heterocycles. The molecule has 0 aliphatic rings. The molecule has 0 fully saturated rings. The fourth-order valence-corrected chi connectivity index (χ4v) is 2.81. The van der Waals surface area contributed by atoms with Crippen molar-refractivity contribution < 1.29 is 4.79 Å². The van der Waals surface area contributed by atoms with Gasteiger partial charge in [0, 0.05) is 19.5 Å². The van der Waals surface area contributed by atoms with Gasteiger partial charge < -0.3 is 4.90 Å². The first-order chi connectivity index (χ1) is 9.56. The largest absolute Gasteiger partial charge is 0.348 e. The third kappa shape index (κ3) is 1.61. The Bertz CT molecular complexity index is 836. The maximum absolute atomic E-state index is 11.3. The van der Waals surface area contributed by atoms with E-state index in [4.69, 9.17) is 11.6 Å². The summed E-state index contributed by atoms with van der Waals surface area (Å²) in [6.07, 6.45) is 0.752. The van der Waals surface area contributed by atoms with E-state index in [-0.39, 0.29) is 0 Å². The van der Waals surface area contributed by atoms with Crippen molar-refractivity contribution in [3.63, 3.8) is 0 Å². The number of hydrogen-bond donors (Lipinski definition) is 0. The van der Waals surface area contributed by atoms with Gasteiger partial charge in [0.15, 0.2) is 6.29 Å². The molecule has 0 N–H and O–H groups in total. The molecule has 4 nitrogen and oxygen atoms in total. The highest BCUT2D eigenvalue weighted by Crippen LogP contribution is 2.34. The number of rotatable bonds is 2. The van der Waals surface area contributed by atoms with Gasteiger partial charge in [-0.05, 0) is 18.6 Å². The molecular formula is C15H14ClN3O. The molecule has 1 aromatic carbocycles. The van der Waals surface area contributed by atoms with E-state index in [9.17, 15) is 4.79 Å². The fraction of sp³-hybridized carbons (Fsp3) is 0.200. The molecule has 3 rings (SSSR count). The number of nitrogens with zero attached hydrogens (tertiary/aromatic N) is 3. The number of hydrogen-bond acceptors (Lipinski definition) is 3. The monoisotopic (exact) mass is 287 g/mol. The average Bonchev–Trinajstić information content (AvgIpc) is 2.84. The van der Waals surface area contributed by atoms with Crippen LogP contribution >= 0.6 is 11.6 Å². The molecule has 0 atom stereocenters. The van der Waals surface area contributed by atoms with E-state index in [2.05, 4.69) is 4.98 Å². The van der Waals surface area contributed by atoms with Crippen LogP contribution in [0.2, 0.25) is 5.02 Å². The molecule has 0 radical (unpaired) electrons. The van der Waals surface area contributed by atoms with Crippen LogP contribution in [0.3, 0.4) is 0 Å². The first-order valence-corrected chi connectivity index (χ1v) is 6.65. The van der Waals surface area contributed by atoms with Gasteiger partial charge in [-0.15, -0.1) is 0 Å². The minimum Gasteiger partial charge on any atom is -0.348 e. The summed E-state index contributed by atoms with van der Waals surface area (Å²) in [5, 5.41) is 1.63. The van der Waals surface area contributed by atoms with E-state index in [0.29, 0.717) is 22.2 Å². The SMILES string of the molecule is Cc1c(Cl)c2c(C=O)nc(N(C)C)n2c2ccccc12. The van der Waals surface area contributed by atoms with E-state index < -0.39 is 0 Å². The van der Waals surface area contributed by atoms with Crippen molar-refractivity contribution in [1.29, 1.82) is 0 Å². The van der Waals surface area contributed by atoms with Gasteiger partial charge in [-0.3, -0.25) is 9.20 Å². The smallest absolute Gasteiger partial charge is 0.210 e. The second kappa shape index (κ2) is 4.49. The summed E-state index contributed by atoms with van der Waals surface area (Å²) in [7, 11) is 3.79. The van der Waals surface area contributed by atoms with Crippen molar-refractivity contribution in [2.75, 3.05) is 19.0 Å². The third-order valence-electron chi connectivity index (χ3n) is 3.48. The topological polar surface area (TPSA) is 37.6 Å². The number of pyridine rings is 1. The molecule has 0 spiro atoms. The highest BCUT2D eigenvalue weighted by Gasteiger charge is 2.19. The van der Waals surface area contributed by atoms with E-state index in [1.54, 1.807) is 0 Å². The minimum atomic E-state index is 0.368. The van der Waals surface area contributed by atoms with Crippen LogP contribution in [0.1, 0.15) is 16.1 Å². The normalized spacial score (nSPS) is 11.2. The number of carbonyl (C=O) groups excluding carboxylic acids is 1. The van der Waals surface area contributed by atoms with Crippen LogP contribution in [0, 0.1) is 6.92 Å². The molecule has 5 heteroatoms. The lowest BCUT2D eigenvalue weighted by molar-refractivity contribution is 0.112. The second-order valence-electron chi connectivity index (χ2n) is 4.95. The minimum absolute atomic E-state index is 0.368. The molecule has 0 amide bonds. The molecule has 0 bridgehead atoms. The Balaban J connectivity index is 2.66. The van der Waals surface area contributed by atoms with Gasteiger partial charge in [-0.1, -0.05) is 29.8 Å². The molecule has 3 aromatic rings. The predicted molar refractivity (Wildman–Crippen MR) is 82.2 cm³/mol. The van der Waals surface area contributed by atoms with Crippen LogP contribution in [-0.4, -0.2) is 29.8 Å². The molecule has 102 valence electrons. The number of aryl methyl sites for hydroxylation is 1. The van der Waals surface area contributed by atoms with Gasteiger partial charge in [0.1, 0.15) is 5.69 Å². The summed E-state index contributed by atoms with van der Waals surface area (Å²) in [6, 6.07) is 7.98. The molecule has 0 saturated carbocycles. The van der Waals surface area contributed by atoms with Crippen molar-refractivity contribution in [2.24, 2.45) is 0 Å². The molecule has 2 heterocycles. The van der Waals surface area contributed by atoms with Gasteiger partial charge >= 0.3 is 0 Å². The van der Waals surface area contributed by atoms with Crippen molar-refractivity contribution in [1.82, 2.24) is 9.38 Å². The van der Waals surface area contributed by atoms with E-state index in [1.165, 1.54) is 0 Å². The summed E-state index contributed by atoms with van der Waals surface area (Å²) in [5.74, 6) is 0.695. The van der Waals surface area contributed by atoms with Crippen molar-refractivity contribution in [3.05, 3.63) is 40.5 Å². The van der Waals surface area contributed by atoms with Crippen LogP contribution in [0.25, 0.3) is 16.4 Å². The van der Waals surface area contributed by atoms with Crippen LogP contribution in [0.15, 0.2) is 24.3 Å². The average molecular weight is 288 g/mol. The summed E-state index contributed by atoms with van der Waals surface area (Å²) in [5.41, 5.74) is 2.99. The van der Waals surface area contributed by atoms with Crippen molar-refractivity contribution in [2.45, 2.75) is 6.92 Å². The molecule has 0 unspecified atom stereocenters. The lowest BCUT2D eigenvalue weighted by atomic mass is 10.1. The number of imidazole rings is 1. The second-order valence-corrected chi connectivity index (χ2v) is 5.33. The van der Waals surface area contributed by atoms with E-state index >= 15 is 0 Å². The zero-order chi connectivity index (χ0) is 14.4. The van der Waals surface area contributed by atoms with Gasteiger partial charge in [0.25, 0.3) is 0 Å². The van der Waals surface area contributed by atoms with E-state index in [0.717, 1.165) is 22.8 Å². The first kappa shape index (κ1) is 12.9. The van der Waals surface area contributed by atoms with Gasteiger partial charge in [-0.25, -0.2) is 4.98 Å². The summed E-state index contributed by atoms with van der Waals surface area (Å²) >= 11 is 6.47. The van der Waals surface area contributed by atoms with Crippen LogP contribution in [0.5, 0.6) is 0 Å². The molecule has 20 heavy (non-hydrogen) atoms. The Morgan fingerprint density at radius 1 is 1.30 bits per heavy atom. The zero-order valence-electron chi connectivity index (χ0n) is 11.5. The number of carbonyl (C=O) groups is 1. The van der Waals surface area contributed by atoms with Gasteiger partial charge in [-0.2, -0.15) is 0 Å². The number of halogens is 1. The Morgan fingerprint density at radius 3 is 2.65 bits per heavy atom. The number of benzene rings is 1.